The number of benzene rings is 3. The lowest BCUT2D eigenvalue weighted by atomic mass is 9.95. The molecular weight excluding hydrogens is 646 g/mol. The van der Waals surface area contributed by atoms with Gasteiger partial charge < -0.3 is 19.7 Å². The third-order valence-electron chi connectivity index (χ3n) is 7.90. The van der Waals surface area contributed by atoms with Crippen LogP contribution in [0.15, 0.2) is 76.1 Å². The molecular formula is C33H40BrN3O6S. The van der Waals surface area contributed by atoms with Gasteiger partial charge in [0.15, 0.2) is 0 Å². The van der Waals surface area contributed by atoms with Gasteiger partial charge in [0.25, 0.3) is 10.0 Å². The Balaban J connectivity index is 1.75. The molecule has 3 aromatic carbocycles. The highest BCUT2D eigenvalue weighted by Gasteiger charge is 2.34. The summed E-state index contributed by atoms with van der Waals surface area (Å²) in [6, 6.07) is 17.8. The van der Waals surface area contributed by atoms with Gasteiger partial charge in [-0.25, -0.2) is 8.42 Å². The normalized spacial score (nSPS) is 14.4. The van der Waals surface area contributed by atoms with Crippen LogP contribution in [0.5, 0.6) is 11.5 Å². The summed E-state index contributed by atoms with van der Waals surface area (Å²) in [4.78, 5) is 29.3. The van der Waals surface area contributed by atoms with Crippen molar-refractivity contribution in [2.45, 2.75) is 69.5 Å². The zero-order chi connectivity index (χ0) is 31.9. The Kier molecular flexibility index (Phi) is 11.3. The topological polar surface area (TPSA) is 105 Å². The smallest absolute Gasteiger partial charge is 0.264 e. The number of hydrogen-bond acceptors (Lipinski definition) is 6. The van der Waals surface area contributed by atoms with Crippen LogP contribution in [0.3, 0.4) is 0 Å². The summed E-state index contributed by atoms with van der Waals surface area (Å²) in [6.07, 6.45) is 5.05. The molecule has 9 nitrogen and oxygen atoms in total. The summed E-state index contributed by atoms with van der Waals surface area (Å²) in [7, 11) is -1.36. The Morgan fingerprint density at radius 3 is 2.32 bits per heavy atom. The number of amides is 2. The summed E-state index contributed by atoms with van der Waals surface area (Å²) in [5.74, 6) is -0.177. The maximum Gasteiger partial charge on any atom is 0.264 e. The van der Waals surface area contributed by atoms with Crippen LogP contribution in [-0.2, 0) is 26.2 Å². The highest BCUT2D eigenvalue weighted by molar-refractivity contribution is 9.10. The lowest BCUT2D eigenvalue weighted by Crippen LogP contribution is -2.53. The lowest BCUT2D eigenvalue weighted by molar-refractivity contribution is -0.139. The zero-order valence-electron chi connectivity index (χ0n) is 25.6. The minimum absolute atomic E-state index is 0.0161. The number of hydrogen-bond donors (Lipinski definition) is 1. The van der Waals surface area contributed by atoms with Gasteiger partial charge in [0, 0.05) is 23.1 Å². The van der Waals surface area contributed by atoms with Gasteiger partial charge in [0.05, 0.1) is 24.8 Å². The maximum atomic E-state index is 14.3. The lowest BCUT2D eigenvalue weighted by Gasteiger charge is -2.33. The van der Waals surface area contributed by atoms with Gasteiger partial charge in [-0.1, -0.05) is 65.0 Å². The van der Waals surface area contributed by atoms with E-state index in [1.165, 1.54) is 37.3 Å². The standard InChI is InChI=1S/C33H40BrN3O6S/c1-23-13-16-29(17-14-23)44(40,41)37(30-20-28(42-3)15-18-31(30)43-4)22-32(38)36(21-25-9-8-10-26(34)19-25)24(2)33(39)35-27-11-6-5-7-12-27/h8-10,13-20,24,27H,5-7,11-12,21-22H2,1-4H3,(H,35,39)/t24-/m0/s1. The first-order chi connectivity index (χ1) is 21.0. The fourth-order valence-corrected chi connectivity index (χ4v) is 7.19. The Hall–Kier alpha value is -3.57. The average molecular weight is 687 g/mol. The van der Waals surface area contributed by atoms with Crippen LogP contribution in [0.1, 0.15) is 50.2 Å². The summed E-state index contributed by atoms with van der Waals surface area (Å²) in [6.45, 7) is 3.07. The largest absolute Gasteiger partial charge is 0.497 e. The Bertz CT molecular complexity index is 1560. The van der Waals surface area contributed by atoms with E-state index in [9.17, 15) is 18.0 Å². The predicted molar refractivity (Wildman–Crippen MR) is 174 cm³/mol. The van der Waals surface area contributed by atoms with Gasteiger partial charge in [-0.3, -0.25) is 13.9 Å². The fraction of sp³-hybridized carbons (Fsp3) is 0.394. The predicted octanol–water partition coefficient (Wildman–Crippen LogP) is 5.84. The zero-order valence-corrected chi connectivity index (χ0v) is 28.0. The van der Waals surface area contributed by atoms with Gasteiger partial charge >= 0.3 is 0 Å². The minimum atomic E-state index is -4.26. The molecule has 1 aliphatic carbocycles. The highest BCUT2D eigenvalue weighted by atomic mass is 79.9. The van der Waals surface area contributed by atoms with E-state index in [1.807, 2.05) is 31.2 Å². The molecule has 2 amide bonds. The van der Waals surface area contributed by atoms with Crippen molar-refractivity contribution in [2.75, 3.05) is 25.1 Å². The molecule has 0 spiro atoms. The van der Waals surface area contributed by atoms with Crippen molar-refractivity contribution in [3.8, 4) is 11.5 Å². The van der Waals surface area contributed by atoms with E-state index in [0.717, 1.165) is 52.0 Å². The van der Waals surface area contributed by atoms with E-state index < -0.39 is 28.5 Å². The van der Waals surface area contributed by atoms with Crippen molar-refractivity contribution in [3.05, 3.63) is 82.3 Å². The molecule has 0 saturated heterocycles. The van der Waals surface area contributed by atoms with E-state index in [2.05, 4.69) is 21.2 Å². The van der Waals surface area contributed by atoms with Crippen LogP contribution in [-0.4, -0.2) is 58.0 Å². The van der Waals surface area contributed by atoms with Crippen molar-refractivity contribution in [1.82, 2.24) is 10.2 Å². The van der Waals surface area contributed by atoms with E-state index in [4.69, 9.17) is 9.47 Å². The van der Waals surface area contributed by atoms with E-state index in [0.29, 0.717) is 5.75 Å². The molecule has 44 heavy (non-hydrogen) atoms. The minimum Gasteiger partial charge on any atom is -0.497 e. The molecule has 11 heteroatoms. The molecule has 1 N–H and O–H groups in total. The molecule has 0 radical (unpaired) electrons. The first-order valence-corrected chi connectivity index (χ1v) is 16.9. The third kappa shape index (κ3) is 8.12. The number of carbonyl (C=O) groups is 2. The van der Waals surface area contributed by atoms with Crippen LogP contribution in [0.25, 0.3) is 0 Å². The molecule has 1 saturated carbocycles. The fourth-order valence-electron chi connectivity index (χ4n) is 5.33. The maximum absolute atomic E-state index is 14.3. The number of ether oxygens (including phenoxy) is 2. The third-order valence-corrected chi connectivity index (χ3v) is 10.2. The summed E-state index contributed by atoms with van der Waals surface area (Å²) in [5, 5.41) is 3.12. The first-order valence-electron chi connectivity index (χ1n) is 14.7. The number of nitrogens with one attached hydrogen (secondary N) is 1. The molecule has 4 rings (SSSR count). The summed E-state index contributed by atoms with van der Waals surface area (Å²) in [5.41, 5.74) is 1.82. The number of aryl methyl sites for hydroxylation is 1. The summed E-state index contributed by atoms with van der Waals surface area (Å²) >= 11 is 3.48. The van der Waals surface area contributed by atoms with Gasteiger partial charge in [-0.05, 0) is 68.7 Å². The molecule has 1 fully saturated rings. The van der Waals surface area contributed by atoms with Gasteiger partial charge in [-0.2, -0.15) is 0 Å². The van der Waals surface area contributed by atoms with Crippen molar-refractivity contribution in [2.24, 2.45) is 0 Å². The van der Waals surface area contributed by atoms with Crippen LogP contribution < -0.4 is 19.1 Å². The van der Waals surface area contributed by atoms with E-state index >= 15 is 0 Å². The Morgan fingerprint density at radius 1 is 0.977 bits per heavy atom. The second-order valence-corrected chi connectivity index (χ2v) is 13.8. The number of methoxy groups -OCH3 is 2. The number of sulfonamides is 1. The molecule has 0 heterocycles. The van der Waals surface area contributed by atoms with Gasteiger partial charge in [0.1, 0.15) is 24.1 Å². The number of halogens is 1. The van der Waals surface area contributed by atoms with Crippen molar-refractivity contribution in [1.29, 1.82) is 0 Å². The van der Waals surface area contributed by atoms with Crippen LogP contribution in [0, 0.1) is 6.92 Å². The van der Waals surface area contributed by atoms with Gasteiger partial charge in [-0.15, -0.1) is 0 Å². The highest BCUT2D eigenvalue weighted by Crippen LogP contribution is 2.36. The molecule has 0 bridgehead atoms. The van der Waals surface area contributed by atoms with Gasteiger partial charge in [0.2, 0.25) is 11.8 Å². The second-order valence-electron chi connectivity index (χ2n) is 11.0. The number of nitrogens with zero attached hydrogens (tertiary/aromatic N) is 2. The van der Waals surface area contributed by atoms with Crippen LogP contribution in [0.2, 0.25) is 0 Å². The molecule has 1 aliphatic rings. The molecule has 0 aromatic heterocycles. The van der Waals surface area contributed by atoms with Crippen molar-refractivity contribution >= 4 is 43.5 Å². The second kappa shape index (κ2) is 14.9. The Morgan fingerprint density at radius 2 is 1.68 bits per heavy atom. The number of carbonyl (C=O) groups excluding carboxylic acids is 2. The average Bonchev–Trinajstić information content (AvgIpc) is 3.02. The molecule has 0 aliphatic heterocycles. The molecule has 236 valence electrons. The quantitative estimate of drug-likeness (QED) is 0.257. The molecule has 3 aromatic rings. The summed E-state index contributed by atoms with van der Waals surface area (Å²) < 4.78 is 41.2. The van der Waals surface area contributed by atoms with E-state index in [-0.39, 0.29) is 34.8 Å². The van der Waals surface area contributed by atoms with Crippen molar-refractivity contribution in [3.63, 3.8) is 0 Å². The molecule has 1 atom stereocenters. The molecule has 0 unspecified atom stereocenters. The Labute approximate surface area is 268 Å². The van der Waals surface area contributed by atoms with Crippen molar-refractivity contribution < 1.29 is 27.5 Å². The van der Waals surface area contributed by atoms with E-state index in [1.54, 1.807) is 31.2 Å². The van der Waals surface area contributed by atoms with Crippen LogP contribution >= 0.6 is 15.9 Å². The number of anilines is 1. The monoisotopic (exact) mass is 685 g/mol. The number of rotatable bonds is 12. The van der Waals surface area contributed by atoms with Crippen LogP contribution in [0.4, 0.5) is 5.69 Å². The first kappa shape index (κ1) is 33.3. The SMILES string of the molecule is COc1ccc(OC)c(N(CC(=O)N(Cc2cccc(Br)c2)[C@@H](C)C(=O)NC2CCCCC2)S(=O)(=O)c2ccc(C)cc2)c1.